The Hall–Kier alpha value is -1.42. The van der Waals surface area contributed by atoms with Crippen molar-refractivity contribution >= 4 is 28.5 Å². The first-order chi connectivity index (χ1) is 9.13. The molecule has 0 atom stereocenters. The minimum Gasteiger partial charge on any atom is -0.497 e. The first-order valence-corrected chi connectivity index (χ1v) is 7.46. The number of nitrogens with one attached hydrogen (secondary N) is 1. The molecule has 0 radical (unpaired) electrons. The lowest BCUT2D eigenvalue weighted by Crippen LogP contribution is -2.00. The second-order valence-electron chi connectivity index (χ2n) is 4.66. The van der Waals surface area contributed by atoms with Crippen LogP contribution < -0.4 is 10.1 Å². The Bertz CT molecular complexity index is 569. The first kappa shape index (κ1) is 14.0. The molecule has 0 saturated carbocycles. The predicted molar refractivity (Wildman–Crippen MR) is 84.3 cm³/mol. The Kier molecular flexibility index (Phi) is 4.53. The van der Waals surface area contributed by atoms with E-state index in [-0.39, 0.29) is 0 Å². The van der Waals surface area contributed by atoms with Crippen molar-refractivity contribution in [2.45, 2.75) is 24.9 Å². The average Bonchev–Trinajstić information content (AvgIpc) is 2.43. The summed E-state index contributed by atoms with van der Waals surface area (Å²) < 4.78 is 5.24. The molecular weight excluding hydrogens is 256 g/mol. The Morgan fingerprint density at radius 1 is 1.32 bits per heavy atom. The van der Waals surface area contributed by atoms with Gasteiger partial charge >= 0.3 is 0 Å². The molecule has 19 heavy (non-hydrogen) atoms. The van der Waals surface area contributed by atoms with Crippen LogP contribution in [0.25, 0.3) is 10.9 Å². The maximum Gasteiger partial charge on any atom is 0.130 e. The van der Waals surface area contributed by atoms with Crippen molar-refractivity contribution in [2.24, 2.45) is 0 Å². The van der Waals surface area contributed by atoms with Gasteiger partial charge in [-0.2, -0.15) is 11.8 Å². The van der Waals surface area contributed by atoms with Crippen molar-refractivity contribution in [2.75, 3.05) is 19.5 Å². The Balaban J connectivity index is 2.41. The van der Waals surface area contributed by atoms with Gasteiger partial charge in [0.2, 0.25) is 0 Å². The SMILES string of the molecule is CNc1nc2cc(OC)ccc2cc1CSC(C)C. The van der Waals surface area contributed by atoms with E-state index in [4.69, 9.17) is 4.74 Å². The molecule has 0 unspecified atom stereocenters. The van der Waals surface area contributed by atoms with Gasteiger partial charge in [0, 0.05) is 29.8 Å². The van der Waals surface area contributed by atoms with Gasteiger partial charge in [0.1, 0.15) is 11.6 Å². The van der Waals surface area contributed by atoms with E-state index in [1.54, 1.807) is 7.11 Å². The van der Waals surface area contributed by atoms with E-state index < -0.39 is 0 Å². The lowest BCUT2D eigenvalue weighted by molar-refractivity contribution is 0.415. The van der Waals surface area contributed by atoms with Crippen LogP contribution in [0.5, 0.6) is 5.75 Å². The molecule has 0 saturated heterocycles. The highest BCUT2D eigenvalue weighted by Gasteiger charge is 2.07. The molecular formula is C15H20N2OS. The summed E-state index contributed by atoms with van der Waals surface area (Å²) in [6, 6.07) is 8.21. The van der Waals surface area contributed by atoms with Gasteiger partial charge in [-0.1, -0.05) is 13.8 Å². The van der Waals surface area contributed by atoms with E-state index >= 15 is 0 Å². The molecule has 0 fully saturated rings. The molecule has 1 N–H and O–H groups in total. The standard InChI is InChI=1S/C15H20N2OS/c1-10(2)19-9-12-7-11-5-6-13(18-4)8-14(11)17-15(12)16-3/h5-8,10H,9H2,1-4H3,(H,16,17). The third-order valence-corrected chi connectivity index (χ3v) is 4.06. The van der Waals surface area contributed by atoms with Crippen LogP contribution in [-0.2, 0) is 5.75 Å². The smallest absolute Gasteiger partial charge is 0.130 e. The zero-order chi connectivity index (χ0) is 13.8. The van der Waals surface area contributed by atoms with E-state index in [9.17, 15) is 0 Å². The molecule has 0 spiro atoms. The fraction of sp³-hybridized carbons (Fsp3) is 0.400. The number of hydrogen-bond donors (Lipinski definition) is 1. The Labute approximate surface area is 118 Å². The van der Waals surface area contributed by atoms with Crippen LogP contribution in [0.4, 0.5) is 5.82 Å². The summed E-state index contributed by atoms with van der Waals surface area (Å²) in [6.07, 6.45) is 0. The zero-order valence-electron chi connectivity index (χ0n) is 11.9. The quantitative estimate of drug-likeness (QED) is 0.897. The average molecular weight is 276 g/mol. The van der Waals surface area contributed by atoms with Gasteiger partial charge < -0.3 is 10.1 Å². The molecule has 0 aliphatic heterocycles. The van der Waals surface area contributed by atoms with Crippen LogP contribution in [0.2, 0.25) is 0 Å². The highest BCUT2D eigenvalue weighted by atomic mass is 32.2. The summed E-state index contributed by atoms with van der Waals surface area (Å²) in [6.45, 7) is 4.42. The minimum atomic E-state index is 0.622. The van der Waals surface area contributed by atoms with Crippen LogP contribution >= 0.6 is 11.8 Å². The number of thioether (sulfide) groups is 1. The number of rotatable bonds is 5. The summed E-state index contributed by atoms with van der Waals surface area (Å²) >= 11 is 1.93. The molecule has 0 aliphatic carbocycles. The maximum absolute atomic E-state index is 5.24. The lowest BCUT2D eigenvalue weighted by atomic mass is 10.1. The molecule has 102 valence electrons. The van der Waals surface area contributed by atoms with Gasteiger partial charge in [-0.15, -0.1) is 0 Å². The van der Waals surface area contributed by atoms with Gasteiger partial charge in [0.05, 0.1) is 12.6 Å². The van der Waals surface area contributed by atoms with Crippen LogP contribution in [0, 0.1) is 0 Å². The van der Waals surface area contributed by atoms with Crippen molar-refractivity contribution in [1.29, 1.82) is 0 Å². The summed E-state index contributed by atoms with van der Waals surface area (Å²) in [5.74, 6) is 2.77. The van der Waals surface area contributed by atoms with Gasteiger partial charge in [-0.05, 0) is 23.4 Å². The Morgan fingerprint density at radius 2 is 2.11 bits per heavy atom. The highest BCUT2D eigenvalue weighted by molar-refractivity contribution is 7.99. The number of pyridine rings is 1. The topological polar surface area (TPSA) is 34.2 Å². The summed E-state index contributed by atoms with van der Waals surface area (Å²) in [5, 5.41) is 4.96. The number of nitrogens with zero attached hydrogens (tertiary/aromatic N) is 1. The largest absolute Gasteiger partial charge is 0.497 e. The van der Waals surface area contributed by atoms with Crippen molar-refractivity contribution in [1.82, 2.24) is 4.98 Å². The first-order valence-electron chi connectivity index (χ1n) is 6.41. The fourth-order valence-corrected chi connectivity index (χ4v) is 2.63. The molecule has 1 aromatic carbocycles. The van der Waals surface area contributed by atoms with E-state index in [1.165, 1.54) is 5.56 Å². The fourth-order valence-electron chi connectivity index (χ4n) is 1.90. The second kappa shape index (κ2) is 6.15. The van der Waals surface area contributed by atoms with Crippen molar-refractivity contribution < 1.29 is 4.74 Å². The molecule has 2 rings (SSSR count). The molecule has 0 bridgehead atoms. The number of aromatic nitrogens is 1. The van der Waals surface area contributed by atoms with Gasteiger partial charge in [0.25, 0.3) is 0 Å². The monoisotopic (exact) mass is 276 g/mol. The number of anilines is 1. The molecule has 4 heteroatoms. The van der Waals surface area contributed by atoms with Crippen LogP contribution in [0.3, 0.4) is 0 Å². The molecule has 0 amide bonds. The number of methoxy groups -OCH3 is 1. The van der Waals surface area contributed by atoms with E-state index in [2.05, 4.69) is 36.3 Å². The number of benzene rings is 1. The third-order valence-electron chi connectivity index (χ3n) is 2.91. The van der Waals surface area contributed by atoms with E-state index in [1.807, 2.05) is 30.9 Å². The highest BCUT2D eigenvalue weighted by Crippen LogP contribution is 2.27. The maximum atomic E-state index is 5.24. The summed E-state index contributed by atoms with van der Waals surface area (Å²) in [7, 11) is 3.59. The molecule has 0 aliphatic rings. The summed E-state index contributed by atoms with van der Waals surface area (Å²) in [4.78, 5) is 4.68. The molecule has 3 nitrogen and oxygen atoms in total. The van der Waals surface area contributed by atoms with Crippen LogP contribution in [0.15, 0.2) is 24.3 Å². The number of hydrogen-bond acceptors (Lipinski definition) is 4. The predicted octanol–water partition coefficient (Wildman–Crippen LogP) is 3.93. The lowest BCUT2D eigenvalue weighted by Gasteiger charge is -2.12. The van der Waals surface area contributed by atoms with E-state index in [0.29, 0.717) is 5.25 Å². The molecule has 1 heterocycles. The van der Waals surface area contributed by atoms with Crippen LogP contribution in [-0.4, -0.2) is 24.4 Å². The Morgan fingerprint density at radius 3 is 2.74 bits per heavy atom. The van der Waals surface area contributed by atoms with Crippen LogP contribution in [0.1, 0.15) is 19.4 Å². The third kappa shape index (κ3) is 3.32. The minimum absolute atomic E-state index is 0.622. The van der Waals surface area contributed by atoms with Gasteiger partial charge in [-0.3, -0.25) is 0 Å². The number of fused-ring (bicyclic) bond motifs is 1. The van der Waals surface area contributed by atoms with Gasteiger partial charge in [0.15, 0.2) is 0 Å². The summed E-state index contributed by atoms with van der Waals surface area (Å²) in [5.41, 5.74) is 2.21. The van der Waals surface area contributed by atoms with Crippen molar-refractivity contribution in [3.05, 3.63) is 29.8 Å². The normalized spacial score (nSPS) is 11.0. The second-order valence-corrected chi connectivity index (χ2v) is 6.23. The van der Waals surface area contributed by atoms with E-state index in [0.717, 1.165) is 28.2 Å². The zero-order valence-corrected chi connectivity index (χ0v) is 12.7. The number of ether oxygens (including phenoxy) is 1. The van der Waals surface area contributed by atoms with Crippen molar-refractivity contribution in [3.63, 3.8) is 0 Å². The molecule has 1 aromatic heterocycles. The van der Waals surface area contributed by atoms with Gasteiger partial charge in [-0.25, -0.2) is 4.98 Å². The van der Waals surface area contributed by atoms with Crippen molar-refractivity contribution in [3.8, 4) is 5.75 Å². The molecule has 2 aromatic rings.